The van der Waals surface area contributed by atoms with Crippen LogP contribution in [0.5, 0.6) is 0 Å². The van der Waals surface area contributed by atoms with Crippen LogP contribution in [0, 0.1) is 0 Å². The predicted octanol–water partition coefficient (Wildman–Crippen LogP) is 3.84. The summed E-state index contributed by atoms with van der Waals surface area (Å²) < 4.78 is 5.89. The molecule has 2 rings (SSSR count). The van der Waals surface area contributed by atoms with Gasteiger partial charge in [-0.2, -0.15) is 0 Å². The Labute approximate surface area is 178 Å². The lowest BCUT2D eigenvalue weighted by Gasteiger charge is -2.19. The molecule has 3 amide bonds. The quantitative estimate of drug-likeness (QED) is 0.608. The van der Waals surface area contributed by atoms with Crippen LogP contribution in [0.2, 0.25) is 0 Å². The summed E-state index contributed by atoms with van der Waals surface area (Å²) in [5.74, 6) is -0.624. The second kappa shape index (κ2) is 10.1. The highest BCUT2D eigenvalue weighted by molar-refractivity contribution is 9.10. The van der Waals surface area contributed by atoms with Gasteiger partial charge in [-0.15, -0.1) is 0 Å². The van der Waals surface area contributed by atoms with Crippen LogP contribution < -0.4 is 16.0 Å². The van der Waals surface area contributed by atoms with E-state index in [1.165, 1.54) is 0 Å². The van der Waals surface area contributed by atoms with Crippen molar-refractivity contribution in [3.8, 4) is 0 Å². The summed E-state index contributed by atoms with van der Waals surface area (Å²) in [7, 11) is 0. The lowest BCUT2D eigenvalue weighted by molar-refractivity contribution is -0.120. The molecule has 0 aromatic heterocycles. The number of carbonyl (C=O) groups is 3. The number of hydrogen-bond acceptors (Lipinski definition) is 4. The summed E-state index contributed by atoms with van der Waals surface area (Å²) in [5.41, 5.74) is 1.21. The minimum absolute atomic E-state index is 0.198. The van der Waals surface area contributed by atoms with E-state index in [0.29, 0.717) is 11.3 Å². The van der Waals surface area contributed by atoms with E-state index in [-0.39, 0.29) is 24.9 Å². The van der Waals surface area contributed by atoms with Gasteiger partial charge in [0.15, 0.2) is 0 Å². The standard InChI is InChI=1S/C21H24BrN3O4/c1-21(2,3)29-20(28)24-13-18(26)23-12-15-7-4-5-10-17(15)25-19(27)14-8-6-9-16(22)11-14/h4-11H,12-13H2,1-3H3,(H,23,26)(H,24,28)(H,25,27). The minimum atomic E-state index is -0.658. The summed E-state index contributed by atoms with van der Waals surface area (Å²) >= 11 is 3.35. The summed E-state index contributed by atoms with van der Waals surface area (Å²) in [6.45, 7) is 5.22. The average Bonchev–Trinajstić information content (AvgIpc) is 2.64. The lowest BCUT2D eigenvalue weighted by atomic mass is 10.1. The molecule has 0 saturated heterocycles. The van der Waals surface area contributed by atoms with Crippen LogP contribution in [0.15, 0.2) is 53.0 Å². The highest BCUT2D eigenvalue weighted by Crippen LogP contribution is 2.18. The monoisotopic (exact) mass is 461 g/mol. The Balaban J connectivity index is 1.91. The molecule has 154 valence electrons. The van der Waals surface area contributed by atoms with Crippen molar-refractivity contribution in [1.29, 1.82) is 0 Å². The normalized spacial score (nSPS) is 10.8. The van der Waals surface area contributed by atoms with Crippen molar-refractivity contribution < 1.29 is 19.1 Å². The summed E-state index contributed by atoms with van der Waals surface area (Å²) in [5, 5.41) is 7.97. The number of para-hydroxylation sites is 1. The molecule has 0 heterocycles. The van der Waals surface area contributed by atoms with Crippen molar-refractivity contribution in [2.75, 3.05) is 11.9 Å². The zero-order valence-corrected chi connectivity index (χ0v) is 18.1. The Morgan fingerprint density at radius 1 is 1.00 bits per heavy atom. The summed E-state index contributed by atoms with van der Waals surface area (Å²) in [4.78, 5) is 36.1. The third-order valence-corrected chi connectivity index (χ3v) is 4.11. The molecule has 0 unspecified atom stereocenters. The van der Waals surface area contributed by atoms with E-state index in [0.717, 1.165) is 10.0 Å². The van der Waals surface area contributed by atoms with Crippen molar-refractivity contribution >= 4 is 39.5 Å². The van der Waals surface area contributed by atoms with Crippen LogP contribution in [0.4, 0.5) is 10.5 Å². The summed E-state index contributed by atoms with van der Waals surface area (Å²) in [6, 6.07) is 14.2. The Morgan fingerprint density at radius 3 is 2.41 bits per heavy atom. The molecule has 3 N–H and O–H groups in total. The SMILES string of the molecule is CC(C)(C)OC(=O)NCC(=O)NCc1ccccc1NC(=O)c1cccc(Br)c1. The fourth-order valence-corrected chi connectivity index (χ4v) is 2.74. The number of carbonyl (C=O) groups excluding carboxylic acids is 3. The van der Waals surface area contributed by atoms with E-state index in [4.69, 9.17) is 4.74 Å². The van der Waals surface area contributed by atoms with Crippen LogP contribution in [0.1, 0.15) is 36.7 Å². The Bertz CT molecular complexity index is 893. The molecule has 8 heteroatoms. The van der Waals surface area contributed by atoms with E-state index >= 15 is 0 Å². The topological polar surface area (TPSA) is 96.5 Å². The molecule has 0 bridgehead atoms. The molecule has 0 aliphatic carbocycles. The van der Waals surface area contributed by atoms with Crippen molar-refractivity contribution in [3.63, 3.8) is 0 Å². The van der Waals surface area contributed by atoms with E-state index in [2.05, 4.69) is 31.9 Å². The van der Waals surface area contributed by atoms with E-state index in [1.54, 1.807) is 57.2 Å². The average molecular weight is 462 g/mol. The van der Waals surface area contributed by atoms with E-state index < -0.39 is 11.7 Å². The molecule has 0 spiro atoms. The molecule has 7 nitrogen and oxygen atoms in total. The first-order valence-corrected chi connectivity index (χ1v) is 9.82. The molecule has 0 radical (unpaired) electrons. The molecule has 0 saturated carbocycles. The molecule has 0 atom stereocenters. The van der Waals surface area contributed by atoms with Gasteiger partial charge in [-0.05, 0) is 50.6 Å². The molecule has 0 aliphatic rings. The number of hydrogen-bond donors (Lipinski definition) is 3. The summed E-state index contributed by atoms with van der Waals surface area (Å²) in [6.07, 6.45) is -0.658. The van der Waals surface area contributed by atoms with Gasteiger partial charge in [0, 0.05) is 22.3 Å². The zero-order chi connectivity index (χ0) is 21.4. The van der Waals surface area contributed by atoms with Crippen molar-refractivity contribution in [3.05, 3.63) is 64.1 Å². The Morgan fingerprint density at radius 2 is 1.72 bits per heavy atom. The smallest absolute Gasteiger partial charge is 0.408 e. The number of nitrogens with one attached hydrogen (secondary N) is 3. The number of anilines is 1. The van der Waals surface area contributed by atoms with Gasteiger partial charge in [0.25, 0.3) is 5.91 Å². The third-order valence-electron chi connectivity index (χ3n) is 3.62. The predicted molar refractivity (Wildman–Crippen MR) is 115 cm³/mol. The zero-order valence-electron chi connectivity index (χ0n) is 16.5. The van der Waals surface area contributed by atoms with Gasteiger partial charge < -0.3 is 20.7 Å². The van der Waals surface area contributed by atoms with Crippen LogP contribution in [0.25, 0.3) is 0 Å². The van der Waals surface area contributed by atoms with Crippen molar-refractivity contribution in [2.24, 2.45) is 0 Å². The van der Waals surface area contributed by atoms with E-state index in [1.807, 2.05) is 12.1 Å². The second-order valence-electron chi connectivity index (χ2n) is 7.25. The third kappa shape index (κ3) is 7.95. The Hall–Kier alpha value is -2.87. The van der Waals surface area contributed by atoms with Gasteiger partial charge in [0.1, 0.15) is 12.1 Å². The molecule has 2 aromatic rings. The van der Waals surface area contributed by atoms with E-state index in [9.17, 15) is 14.4 Å². The van der Waals surface area contributed by atoms with Gasteiger partial charge in [-0.1, -0.05) is 40.2 Å². The lowest BCUT2D eigenvalue weighted by Crippen LogP contribution is -2.39. The molecular formula is C21H24BrN3O4. The Kier molecular flexibility index (Phi) is 7.78. The van der Waals surface area contributed by atoms with Crippen molar-refractivity contribution in [1.82, 2.24) is 10.6 Å². The fourth-order valence-electron chi connectivity index (χ4n) is 2.34. The fraction of sp³-hybridized carbons (Fsp3) is 0.286. The molecular weight excluding hydrogens is 438 g/mol. The van der Waals surface area contributed by atoms with Crippen LogP contribution >= 0.6 is 15.9 Å². The number of halogens is 1. The highest BCUT2D eigenvalue weighted by atomic mass is 79.9. The maximum Gasteiger partial charge on any atom is 0.408 e. The second-order valence-corrected chi connectivity index (χ2v) is 8.17. The van der Waals surface area contributed by atoms with Gasteiger partial charge in [0.2, 0.25) is 5.91 Å². The van der Waals surface area contributed by atoms with Crippen LogP contribution in [-0.2, 0) is 16.1 Å². The van der Waals surface area contributed by atoms with Crippen molar-refractivity contribution in [2.45, 2.75) is 32.9 Å². The van der Waals surface area contributed by atoms with Gasteiger partial charge in [-0.25, -0.2) is 4.79 Å². The molecule has 0 aliphatic heterocycles. The number of alkyl carbamates (subject to hydrolysis) is 1. The first kappa shape index (κ1) is 22.4. The van der Waals surface area contributed by atoms with Gasteiger partial charge >= 0.3 is 6.09 Å². The maximum atomic E-state index is 12.5. The first-order chi connectivity index (χ1) is 13.6. The highest BCUT2D eigenvalue weighted by Gasteiger charge is 2.16. The number of ether oxygens (including phenoxy) is 1. The minimum Gasteiger partial charge on any atom is -0.444 e. The molecule has 29 heavy (non-hydrogen) atoms. The number of amides is 3. The van der Waals surface area contributed by atoms with Gasteiger partial charge in [0.05, 0.1) is 0 Å². The first-order valence-electron chi connectivity index (χ1n) is 9.02. The molecule has 2 aromatic carbocycles. The van der Waals surface area contributed by atoms with Crippen LogP contribution in [-0.4, -0.2) is 30.1 Å². The molecule has 0 fully saturated rings. The largest absolute Gasteiger partial charge is 0.444 e. The maximum absolute atomic E-state index is 12.5. The number of rotatable bonds is 6. The van der Waals surface area contributed by atoms with Crippen LogP contribution in [0.3, 0.4) is 0 Å². The number of benzene rings is 2. The van der Waals surface area contributed by atoms with Gasteiger partial charge in [-0.3, -0.25) is 9.59 Å².